The third kappa shape index (κ3) is 1.71. The van der Waals surface area contributed by atoms with Gasteiger partial charge < -0.3 is 9.40 Å². The van der Waals surface area contributed by atoms with Crippen molar-refractivity contribution in [3.63, 3.8) is 0 Å². The molecule has 0 unspecified atom stereocenters. The first kappa shape index (κ1) is 11.8. The molecule has 0 fully saturated rings. The smallest absolute Gasteiger partial charge is 0.142 e. The molecule has 0 saturated carbocycles. The van der Waals surface area contributed by atoms with Crippen LogP contribution in [0.4, 0.5) is 0 Å². The standard InChI is InChI=1S/C15H8Cl2N2O/c16-10-5-12-13(6-11(10)17)19-15(18-12)9-7-20-14-4-2-1-3-8(9)14/h1-7H,(H,18,19). The summed E-state index contributed by atoms with van der Waals surface area (Å²) < 4.78 is 5.53. The van der Waals surface area contributed by atoms with Crippen LogP contribution in [0.5, 0.6) is 0 Å². The van der Waals surface area contributed by atoms with Crippen molar-refractivity contribution in [3.05, 3.63) is 52.7 Å². The number of H-pyrrole nitrogens is 1. The number of fused-ring (bicyclic) bond motifs is 2. The van der Waals surface area contributed by atoms with Crippen molar-refractivity contribution >= 4 is 45.2 Å². The maximum Gasteiger partial charge on any atom is 0.142 e. The van der Waals surface area contributed by atoms with E-state index in [0.29, 0.717) is 10.0 Å². The van der Waals surface area contributed by atoms with E-state index in [1.807, 2.05) is 24.3 Å². The lowest BCUT2D eigenvalue weighted by Crippen LogP contribution is -1.77. The van der Waals surface area contributed by atoms with Gasteiger partial charge in [0, 0.05) is 5.39 Å². The quantitative estimate of drug-likeness (QED) is 0.519. The minimum atomic E-state index is 0.495. The number of nitrogens with one attached hydrogen (secondary N) is 1. The number of aromatic nitrogens is 2. The van der Waals surface area contributed by atoms with Crippen LogP contribution in [0.3, 0.4) is 0 Å². The molecule has 2 aromatic heterocycles. The van der Waals surface area contributed by atoms with E-state index in [0.717, 1.165) is 33.4 Å². The molecule has 20 heavy (non-hydrogen) atoms. The lowest BCUT2D eigenvalue weighted by atomic mass is 10.2. The molecule has 0 aliphatic rings. The van der Waals surface area contributed by atoms with Crippen LogP contribution in [0, 0.1) is 0 Å². The summed E-state index contributed by atoms with van der Waals surface area (Å²) in [6, 6.07) is 11.4. The summed E-state index contributed by atoms with van der Waals surface area (Å²) in [5, 5.41) is 2.02. The molecule has 0 spiro atoms. The van der Waals surface area contributed by atoms with Gasteiger partial charge in [-0.2, -0.15) is 0 Å². The van der Waals surface area contributed by atoms with Crippen LogP contribution in [-0.2, 0) is 0 Å². The van der Waals surface area contributed by atoms with Crippen molar-refractivity contribution in [2.75, 3.05) is 0 Å². The van der Waals surface area contributed by atoms with Gasteiger partial charge in [-0.15, -0.1) is 0 Å². The first-order valence-electron chi connectivity index (χ1n) is 6.04. The summed E-state index contributed by atoms with van der Waals surface area (Å²) in [5.74, 6) is 0.739. The highest BCUT2D eigenvalue weighted by Gasteiger charge is 2.12. The molecule has 1 N–H and O–H groups in total. The van der Waals surface area contributed by atoms with E-state index in [9.17, 15) is 0 Å². The molecule has 0 aliphatic heterocycles. The topological polar surface area (TPSA) is 41.8 Å². The van der Waals surface area contributed by atoms with Crippen molar-refractivity contribution in [1.29, 1.82) is 0 Å². The van der Waals surface area contributed by atoms with E-state index in [1.165, 1.54) is 0 Å². The van der Waals surface area contributed by atoms with Gasteiger partial charge in [0.2, 0.25) is 0 Å². The summed E-state index contributed by atoms with van der Waals surface area (Å²) in [6.07, 6.45) is 1.70. The fourth-order valence-corrected chi connectivity index (χ4v) is 2.62. The Labute approximate surface area is 124 Å². The Kier molecular flexibility index (Phi) is 2.52. The lowest BCUT2D eigenvalue weighted by molar-refractivity contribution is 0.616. The molecular formula is C15H8Cl2N2O. The fourth-order valence-electron chi connectivity index (χ4n) is 2.29. The first-order valence-corrected chi connectivity index (χ1v) is 6.79. The minimum absolute atomic E-state index is 0.495. The molecule has 0 aliphatic carbocycles. The van der Waals surface area contributed by atoms with Gasteiger partial charge in [-0.1, -0.05) is 41.4 Å². The largest absolute Gasteiger partial charge is 0.464 e. The summed E-state index contributed by atoms with van der Waals surface area (Å²) >= 11 is 12.0. The normalized spacial score (nSPS) is 11.5. The lowest BCUT2D eigenvalue weighted by Gasteiger charge is -1.93. The molecule has 0 saturated heterocycles. The second kappa shape index (κ2) is 4.27. The molecular weight excluding hydrogens is 295 g/mol. The Morgan fingerprint density at radius 3 is 2.75 bits per heavy atom. The number of halogens is 2. The molecule has 0 atom stereocenters. The van der Waals surface area contributed by atoms with Gasteiger partial charge in [0.1, 0.15) is 17.7 Å². The van der Waals surface area contributed by atoms with Crippen molar-refractivity contribution in [3.8, 4) is 11.4 Å². The van der Waals surface area contributed by atoms with E-state index in [-0.39, 0.29) is 0 Å². The Bertz CT molecular complexity index is 901. The first-order chi connectivity index (χ1) is 9.72. The molecule has 0 amide bonds. The summed E-state index contributed by atoms with van der Waals surface area (Å²) in [7, 11) is 0. The van der Waals surface area contributed by atoms with Crippen LogP contribution in [-0.4, -0.2) is 9.97 Å². The van der Waals surface area contributed by atoms with E-state index in [4.69, 9.17) is 27.6 Å². The summed E-state index contributed by atoms with van der Waals surface area (Å²) in [4.78, 5) is 7.79. The van der Waals surface area contributed by atoms with E-state index in [1.54, 1.807) is 18.4 Å². The zero-order chi connectivity index (χ0) is 13.7. The van der Waals surface area contributed by atoms with E-state index >= 15 is 0 Å². The van der Waals surface area contributed by atoms with Gasteiger partial charge in [-0.3, -0.25) is 0 Å². The summed E-state index contributed by atoms with van der Waals surface area (Å²) in [5.41, 5.74) is 3.38. The SMILES string of the molecule is Clc1cc2nc(-c3coc4ccccc34)[nH]c2cc1Cl. The number of aromatic amines is 1. The monoisotopic (exact) mass is 302 g/mol. The molecule has 3 nitrogen and oxygen atoms in total. The number of furan rings is 1. The van der Waals surface area contributed by atoms with Crippen molar-refractivity contribution in [2.24, 2.45) is 0 Å². The van der Waals surface area contributed by atoms with Gasteiger partial charge in [-0.05, 0) is 18.2 Å². The van der Waals surface area contributed by atoms with Crippen LogP contribution in [0.25, 0.3) is 33.4 Å². The predicted molar refractivity (Wildman–Crippen MR) is 81.3 cm³/mol. The maximum absolute atomic E-state index is 6.02. The van der Waals surface area contributed by atoms with Crippen molar-refractivity contribution in [2.45, 2.75) is 0 Å². The highest BCUT2D eigenvalue weighted by atomic mass is 35.5. The molecule has 5 heteroatoms. The zero-order valence-electron chi connectivity index (χ0n) is 10.2. The number of hydrogen-bond acceptors (Lipinski definition) is 2. The van der Waals surface area contributed by atoms with Gasteiger partial charge in [0.05, 0.1) is 26.6 Å². The Balaban J connectivity index is 1.98. The summed E-state index contributed by atoms with van der Waals surface area (Å²) in [6.45, 7) is 0. The third-order valence-electron chi connectivity index (χ3n) is 3.26. The molecule has 0 radical (unpaired) electrons. The average Bonchev–Trinajstić information content (AvgIpc) is 3.02. The number of hydrogen-bond donors (Lipinski definition) is 1. The van der Waals surface area contributed by atoms with Crippen LogP contribution < -0.4 is 0 Å². The number of imidazole rings is 1. The van der Waals surface area contributed by atoms with E-state index < -0.39 is 0 Å². The van der Waals surface area contributed by atoms with Crippen LogP contribution in [0.15, 0.2) is 47.1 Å². The second-order valence-electron chi connectivity index (χ2n) is 4.51. The molecule has 2 aromatic carbocycles. The van der Waals surface area contributed by atoms with Gasteiger partial charge >= 0.3 is 0 Å². The van der Waals surface area contributed by atoms with Crippen LogP contribution >= 0.6 is 23.2 Å². The highest BCUT2D eigenvalue weighted by molar-refractivity contribution is 6.42. The Morgan fingerprint density at radius 1 is 1.05 bits per heavy atom. The van der Waals surface area contributed by atoms with E-state index in [2.05, 4.69) is 9.97 Å². The maximum atomic E-state index is 6.02. The van der Waals surface area contributed by atoms with Gasteiger partial charge in [0.15, 0.2) is 0 Å². The van der Waals surface area contributed by atoms with Crippen LogP contribution in [0.1, 0.15) is 0 Å². The number of rotatable bonds is 1. The van der Waals surface area contributed by atoms with Crippen molar-refractivity contribution in [1.82, 2.24) is 9.97 Å². The number of benzene rings is 2. The second-order valence-corrected chi connectivity index (χ2v) is 5.33. The third-order valence-corrected chi connectivity index (χ3v) is 3.98. The van der Waals surface area contributed by atoms with Gasteiger partial charge in [0.25, 0.3) is 0 Å². The molecule has 0 bridgehead atoms. The molecule has 2 heterocycles. The Morgan fingerprint density at radius 2 is 1.85 bits per heavy atom. The molecule has 98 valence electrons. The van der Waals surface area contributed by atoms with Crippen molar-refractivity contribution < 1.29 is 4.42 Å². The Hall–Kier alpha value is -1.97. The van der Waals surface area contributed by atoms with Crippen LogP contribution in [0.2, 0.25) is 10.0 Å². The predicted octanol–water partition coefficient (Wildman–Crippen LogP) is 5.28. The highest BCUT2D eigenvalue weighted by Crippen LogP contribution is 2.32. The fraction of sp³-hybridized carbons (Fsp3) is 0. The molecule has 4 rings (SSSR count). The number of nitrogens with zero attached hydrogens (tertiary/aromatic N) is 1. The minimum Gasteiger partial charge on any atom is -0.464 e. The number of para-hydroxylation sites is 1. The average molecular weight is 303 g/mol. The molecule has 4 aromatic rings. The van der Waals surface area contributed by atoms with Gasteiger partial charge in [-0.25, -0.2) is 4.98 Å². The zero-order valence-corrected chi connectivity index (χ0v) is 11.7.